The van der Waals surface area contributed by atoms with Gasteiger partial charge in [-0.2, -0.15) is 0 Å². The third kappa shape index (κ3) is 2.14. The maximum absolute atomic E-state index is 4.78. The topological polar surface area (TPSA) is 12.9 Å². The Morgan fingerprint density at radius 1 is 1.24 bits per heavy atom. The first-order chi connectivity index (χ1) is 8.32. The first-order valence-corrected chi connectivity index (χ1v) is 7.19. The average Bonchev–Trinajstić information content (AvgIpc) is 2.98. The van der Waals surface area contributed by atoms with Crippen molar-refractivity contribution in [3.63, 3.8) is 0 Å². The lowest BCUT2D eigenvalue weighted by molar-refractivity contribution is 0.677. The zero-order chi connectivity index (χ0) is 11.7. The molecule has 1 aromatic carbocycles. The van der Waals surface area contributed by atoms with Gasteiger partial charge in [0.15, 0.2) is 0 Å². The lowest BCUT2D eigenvalue weighted by Crippen LogP contribution is -2.10. The van der Waals surface area contributed by atoms with Gasteiger partial charge in [0.25, 0.3) is 0 Å². The standard InChI is InChI=1S/C15H17NS/c1-2-13-11-17-14(16-13)15(8-9-15)10-12-6-4-3-5-7-12/h3-7,11H,2,8-10H2,1H3. The lowest BCUT2D eigenvalue weighted by atomic mass is 9.97. The minimum atomic E-state index is 0.374. The number of hydrogen-bond acceptors (Lipinski definition) is 2. The van der Waals surface area contributed by atoms with Crippen molar-refractivity contribution < 1.29 is 0 Å². The van der Waals surface area contributed by atoms with Gasteiger partial charge in [0, 0.05) is 10.8 Å². The van der Waals surface area contributed by atoms with Gasteiger partial charge < -0.3 is 0 Å². The Morgan fingerprint density at radius 3 is 2.59 bits per heavy atom. The number of thiazole rings is 1. The van der Waals surface area contributed by atoms with Gasteiger partial charge in [-0.25, -0.2) is 4.98 Å². The van der Waals surface area contributed by atoms with Crippen molar-refractivity contribution in [2.24, 2.45) is 0 Å². The smallest absolute Gasteiger partial charge is 0.0993 e. The molecule has 1 fully saturated rings. The second kappa shape index (κ2) is 4.26. The first-order valence-electron chi connectivity index (χ1n) is 6.31. The number of aromatic nitrogens is 1. The molecule has 0 spiro atoms. The van der Waals surface area contributed by atoms with E-state index in [1.165, 1.54) is 29.1 Å². The molecule has 1 aromatic heterocycles. The fraction of sp³-hybridized carbons (Fsp3) is 0.400. The summed E-state index contributed by atoms with van der Waals surface area (Å²) >= 11 is 1.85. The van der Waals surface area contributed by atoms with E-state index >= 15 is 0 Å². The van der Waals surface area contributed by atoms with Crippen LogP contribution in [0.25, 0.3) is 0 Å². The summed E-state index contributed by atoms with van der Waals surface area (Å²) in [5.74, 6) is 0. The largest absolute Gasteiger partial charge is 0.246 e. The van der Waals surface area contributed by atoms with Crippen molar-refractivity contribution in [1.29, 1.82) is 0 Å². The second-order valence-electron chi connectivity index (χ2n) is 4.94. The van der Waals surface area contributed by atoms with Crippen molar-refractivity contribution in [2.75, 3.05) is 0 Å². The molecule has 3 rings (SSSR count). The maximum Gasteiger partial charge on any atom is 0.0993 e. The highest BCUT2D eigenvalue weighted by atomic mass is 32.1. The van der Waals surface area contributed by atoms with Gasteiger partial charge in [0.1, 0.15) is 0 Å². The molecular weight excluding hydrogens is 226 g/mol. The van der Waals surface area contributed by atoms with Gasteiger partial charge in [-0.05, 0) is 31.2 Å². The number of aryl methyl sites for hydroxylation is 1. The summed E-state index contributed by atoms with van der Waals surface area (Å²) in [6.45, 7) is 2.18. The minimum absolute atomic E-state index is 0.374. The summed E-state index contributed by atoms with van der Waals surface area (Å²) in [5, 5.41) is 3.58. The number of benzene rings is 1. The Balaban J connectivity index is 1.82. The van der Waals surface area contributed by atoms with Crippen molar-refractivity contribution >= 4 is 11.3 Å². The van der Waals surface area contributed by atoms with Crippen LogP contribution < -0.4 is 0 Å². The minimum Gasteiger partial charge on any atom is -0.246 e. The molecule has 2 heteroatoms. The van der Waals surface area contributed by atoms with Crippen molar-refractivity contribution in [3.05, 3.63) is 52.0 Å². The van der Waals surface area contributed by atoms with Crippen LogP contribution in [-0.2, 0) is 18.3 Å². The lowest BCUT2D eigenvalue weighted by Gasteiger charge is -2.11. The first kappa shape index (κ1) is 11.0. The molecule has 0 atom stereocenters. The molecule has 0 saturated heterocycles. The molecule has 88 valence electrons. The summed E-state index contributed by atoms with van der Waals surface area (Å²) in [7, 11) is 0. The van der Waals surface area contributed by atoms with Crippen LogP contribution >= 0.6 is 11.3 Å². The predicted octanol–water partition coefficient (Wildman–Crippen LogP) is 3.98. The Hall–Kier alpha value is -1.15. The van der Waals surface area contributed by atoms with E-state index in [2.05, 4.69) is 42.6 Å². The molecule has 0 radical (unpaired) electrons. The second-order valence-corrected chi connectivity index (χ2v) is 5.80. The van der Waals surface area contributed by atoms with Gasteiger partial charge in [-0.3, -0.25) is 0 Å². The molecule has 0 bridgehead atoms. The molecule has 1 heterocycles. The third-order valence-electron chi connectivity index (χ3n) is 3.61. The highest BCUT2D eigenvalue weighted by Crippen LogP contribution is 2.51. The van der Waals surface area contributed by atoms with Crippen LogP contribution in [0.2, 0.25) is 0 Å². The summed E-state index contributed by atoms with van der Waals surface area (Å²) in [4.78, 5) is 4.78. The van der Waals surface area contributed by atoms with Crippen molar-refractivity contribution in [1.82, 2.24) is 4.98 Å². The highest BCUT2D eigenvalue weighted by molar-refractivity contribution is 7.09. The molecule has 17 heavy (non-hydrogen) atoms. The van der Waals surface area contributed by atoms with Gasteiger partial charge in [-0.1, -0.05) is 37.3 Å². The Labute approximate surface area is 107 Å². The van der Waals surface area contributed by atoms with Crippen molar-refractivity contribution in [2.45, 2.75) is 38.0 Å². The van der Waals surface area contributed by atoms with E-state index in [4.69, 9.17) is 4.98 Å². The van der Waals surface area contributed by atoms with Crippen LogP contribution in [0.1, 0.15) is 36.0 Å². The van der Waals surface area contributed by atoms with Gasteiger partial charge in [-0.15, -0.1) is 11.3 Å². The van der Waals surface area contributed by atoms with E-state index in [1.54, 1.807) is 0 Å². The number of hydrogen-bond donors (Lipinski definition) is 0. The van der Waals surface area contributed by atoms with E-state index in [0.717, 1.165) is 12.8 Å². The fourth-order valence-electron chi connectivity index (χ4n) is 2.32. The fourth-order valence-corrected chi connectivity index (χ4v) is 3.48. The number of rotatable bonds is 4. The maximum atomic E-state index is 4.78. The number of nitrogens with zero attached hydrogens (tertiary/aromatic N) is 1. The zero-order valence-corrected chi connectivity index (χ0v) is 11.0. The van der Waals surface area contributed by atoms with E-state index in [0.29, 0.717) is 5.41 Å². The summed E-state index contributed by atoms with van der Waals surface area (Å²) in [6.07, 6.45) is 4.82. The van der Waals surface area contributed by atoms with E-state index in [9.17, 15) is 0 Å². The molecule has 0 aliphatic heterocycles. The van der Waals surface area contributed by atoms with Crippen LogP contribution in [-0.4, -0.2) is 4.98 Å². The monoisotopic (exact) mass is 243 g/mol. The SMILES string of the molecule is CCc1csc(C2(Cc3ccccc3)CC2)n1. The van der Waals surface area contributed by atoms with E-state index in [1.807, 2.05) is 11.3 Å². The molecule has 1 saturated carbocycles. The molecule has 2 aromatic rings. The molecule has 1 nitrogen and oxygen atoms in total. The van der Waals surface area contributed by atoms with Gasteiger partial charge in [0.05, 0.1) is 10.7 Å². The van der Waals surface area contributed by atoms with E-state index in [-0.39, 0.29) is 0 Å². The van der Waals surface area contributed by atoms with Crippen molar-refractivity contribution in [3.8, 4) is 0 Å². The summed E-state index contributed by atoms with van der Waals surface area (Å²) in [5.41, 5.74) is 3.07. The van der Waals surface area contributed by atoms with Crippen LogP contribution in [0, 0.1) is 0 Å². The molecule has 1 aliphatic carbocycles. The summed E-state index contributed by atoms with van der Waals surface area (Å²) in [6, 6.07) is 10.8. The quantitative estimate of drug-likeness (QED) is 0.791. The Bertz CT molecular complexity index is 497. The highest BCUT2D eigenvalue weighted by Gasteiger charge is 2.46. The van der Waals surface area contributed by atoms with Crippen LogP contribution in [0.5, 0.6) is 0 Å². The van der Waals surface area contributed by atoms with Crippen LogP contribution in [0.3, 0.4) is 0 Å². The molecular formula is C15H17NS. The zero-order valence-electron chi connectivity index (χ0n) is 10.1. The van der Waals surface area contributed by atoms with Crippen LogP contribution in [0.4, 0.5) is 0 Å². The Kier molecular flexibility index (Phi) is 2.75. The normalized spacial score (nSPS) is 17.0. The Morgan fingerprint density at radius 2 is 2.00 bits per heavy atom. The predicted molar refractivity (Wildman–Crippen MR) is 72.6 cm³/mol. The summed E-state index contributed by atoms with van der Waals surface area (Å²) < 4.78 is 0. The average molecular weight is 243 g/mol. The molecule has 0 amide bonds. The van der Waals surface area contributed by atoms with Gasteiger partial charge in [0.2, 0.25) is 0 Å². The van der Waals surface area contributed by atoms with Gasteiger partial charge >= 0.3 is 0 Å². The molecule has 1 aliphatic rings. The third-order valence-corrected chi connectivity index (χ3v) is 4.74. The van der Waals surface area contributed by atoms with E-state index < -0.39 is 0 Å². The van der Waals surface area contributed by atoms with Crippen LogP contribution in [0.15, 0.2) is 35.7 Å². The molecule has 0 N–H and O–H groups in total. The molecule has 0 unspecified atom stereocenters.